The van der Waals surface area contributed by atoms with Gasteiger partial charge in [-0.15, -0.1) is 0 Å². The minimum Gasteiger partial charge on any atom is -0.372 e. The average molecular weight is 237 g/mol. The number of halogens is 1. The van der Waals surface area contributed by atoms with Crippen molar-refractivity contribution in [2.75, 3.05) is 18.0 Å². The van der Waals surface area contributed by atoms with Crippen LogP contribution >= 0.6 is 0 Å². The van der Waals surface area contributed by atoms with E-state index < -0.39 is 0 Å². The average Bonchev–Trinajstić information content (AvgIpc) is 2.27. The minimum atomic E-state index is -0.351. The molecule has 1 aromatic rings. The Bertz CT molecular complexity index is 412. The molecule has 1 heterocycles. The van der Waals surface area contributed by atoms with Crippen LogP contribution in [0.5, 0.6) is 0 Å². The van der Waals surface area contributed by atoms with E-state index in [1.54, 1.807) is 12.1 Å². The van der Waals surface area contributed by atoms with E-state index in [-0.39, 0.29) is 18.0 Å². The number of ether oxygens (including phenoxy) is 1. The molecule has 2 rings (SSSR count). The highest BCUT2D eigenvalue weighted by Gasteiger charge is 2.24. The summed E-state index contributed by atoms with van der Waals surface area (Å²) in [5.41, 5.74) is 0.901. The lowest BCUT2D eigenvalue weighted by Gasteiger charge is -2.37. The Morgan fingerprint density at radius 1 is 1.35 bits per heavy atom. The Kier molecular flexibility index (Phi) is 3.43. The molecule has 1 aliphatic heterocycles. The zero-order valence-corrected chi connectivity index (χ0v) is 10.0. The van der Waals surface area contributed by atoms with Gasteiger partial charge < -0.3 is 9.64 Å². The first-order chi connectivity index (χ1) is 8.10. The van der Waals surface area contributed by atoms with Gasteiger partial charge >= 0.3 is 0 Å². The van der Waals surface area contributed by atoms with Crippen LogP contribution in [0, 0.1) is 5.82 Å². The summed E-state index contributed by atoms with van der Waals surface area (Å²) in [4.78, 5) is 12.5. The van der Waals surface area contributed by atoms with Gasteiger partial charge in [0.2, 0.25) is 0 Å². The van der Waals surface area contributed by atoms with Gasteiger partial charge in [0, 0.05) is 18.7 Å². The number of anilines is 1. The van der Waals surface area contributed by atoms with E-state index in [2.05, 4.69) is 0 Å². The lowest BCUT2D eigenvalue weighted by molar-refractivity contribution is -0.00539. The van der Waals surface area contributed by atoms with Crippen LogP contribution in [0.25, 0.3) is 0 Å². The molecule has 2 atom stereocenters. The molecular formula is C13H16FNO2. The molecule has 17 heavy (non-hydrogen) atoms. The standard InChI is InChI=1S/C13H16FNO2/c1-9-6-15(7-10(2)17-9)13-4-3-11(8-16)5-12(13)14/h3-5,8-10H,6-7H2,1-2H3. The number of carbonyl (C=O) groups is 1. The largest absolute Gasteiger partial charge is 0.372 e. The summed E-state index contributed by atoms with van der Waals surface area (Å²) < 4.78 is 19.4. The molecule has 1 fully saturated rings. The van der Waals surface area contributed by atoms with Gasteiger partial charge in [-0.25, -0.2) is 4.39 Å². The molecule has 2 unspecified atom stereocenters. The normalized spacial score (nSPS) is 24.8. The van der Waals surface area contributed by atoms with Crippen LogP contribution in [-0.4, -0.2) is 31.6 Å². The highest BCUT2D eigenvalue weighted by Crippen LogP contribution is 2.24. The molecule has 0 radical (unpaired) electrons. The van der Waals surface area contributed by atoms with Crippen molar-refractivity contribution in [2.24, 2.45) is 0 Å². The number of carbonyl (C=O) groups excluding carboxylic acids is 1. The Morgan fingerprint density at radius 3 is 2.53 bits per heavy atom. The molecule has 0 bridgehead atoms. The Hall–Kier alpha value is -1.42. The van der Waals surface area contributed by atoms with E-state index in [4.69, 9.17) is 4.74 Å². The van der Waals surface area contributed by atoms with Crippen LogP contribution in [0.3, 0.4) is 0 Å². The van der Waals surface area contributed by atoms with Crippen LogP contribution in [0.4, 0.5) is 10.1 Å². The monoisotopic (exact) mass is 237 g/mol. The zero-order valence-electron chi connectivity index (χ0n) is 10.0. The van der Waals surface area contributed by atoms with E-state index in [1.807, 2.05) is 18.7 Å². The third-order valence-electron chi connectivity index (χ3n) is 2.87. The highest BCUT2D eigenvalue weighted by molar-refractivity contribution is 5.76. The molecule has 0 saturated carbocycles. The van der Waals surface area contributed by atoms with Gasteiger partial charge in [0.05, 0.1) is 17.9 Å². The Morgan fingerprint density at radius 2 is 2.00 bits per heavy atom. The number of morpholine rings is 1. The summed E-state index contributed by atoms with van der Waals surface area (Å²) in [6.07, 6.45) is 0.824. The van der Waals surface area contributed by atoms with Crippen LogP contribution < -0.4 is 4.90 Å². The van der Waals surface area contributed by atoms with Crippen molar-refractivity contribution in [2.45, 2.75) is 26.1 Å². The summed E-state index contributed by atoms with van der Waals surface area (Å²) in [6, 6.07) is 4.56. The highest BCUT2D eigenvalue weighted by atomic mass is 19.1. The zero-order chi connectivity index (χ0) is 12.4. The molecule has 0 spiro atoms. The molecule has 1 aromatic carbocycles. The lowest BCUT2D eigenvalue weighted by Crippen LogP contribution is -2.45. The van der Waals surface area contributed by atoms with Gasteiger partial charge in [-0.1, -0.05) is 0 Å². The second-order valence-corrected chi connectivity index (χ2v) is 4.49. The first-order valence-electron chi connectivity index (χ1n) is 5.75. The van der Waals surface area contributed by atoms with Crippen molar-refractivity contribution in [1.29, 1.82) is 0 Å². The van der Waals surface area contributed by atoms with Crippen LogP contribution in [0.2, 0.25) is 0 Å². The Labute approximate surface area is 100 Å². The number of benzene rings is 1. The molecular weight excluding hydrogens is 221 g/mol. The summed E-state index contributed by atoms with van der Waals surface area (Å²) >= 11 is 0. The molecule has 0 N–H and O–H groups in total. The van der Waals surface area contributed by atoms with Gasteiger partial charge in [-0.3, -0.25) is 4.79 Å². The van der Waals surface area contributed by atoms with E-state index in [1.165, 1.54) is 6.07 Å². The maximum absolute atomic E-state index is 13.8. The van der Waals surface area contributed by atoms with Crippen molar-refractivity contribution >= 4 is 12.0 Å². The summed E-state index contributed by atoms with van der Waals surface area (Å²) in [7, 11) is 0. The quantitative estimate of drug-likeness (QED) is 0.739. The van der Waals surface area contributed by atoms with Crippen molar-refractivity contribution in [1.82, 2.24) is 0 Å². The lowest BCUT2D eigenvalue weighted by atomic mass is 10.1. The van der Waals surface area contributed by atoms with E-state index >= 15 is 0 Å². The smallest absolute Gasteiger partial charge is 0.150 e. The number of hydrogen-bond acceptors (Lipinski definition) is 3. The fourth-order valence-electron chi connectivity index (χ4n) is 2.23. The van der Waals surface area contributed by atoms with Crippen molar-refractivity contribution < 1.29 is 13.9 Å². The van der Waals surface area contributed by atoms with Crippen LogP contribution in [-0.2, 0) is 4.74 Å². The van der Waals surface area contributed by atoms with Crippen molar-refractivity contribution in [3.8, 4) is 0 Å². The van der Waals surface area contributed by atoms with Crippen LogP contribution in [0.1, 0.15) is 24.2 Å². The van der Waals surface area contributed by atoms with Crippen LogP contribution in [0.15, 0.2) is 18.2 Å². The van der Waals surface area contributed by atoms with Crippen molar-refractivity contribution in [3.63, 3.8) is 0 Å². The molecule has 1 aliphatic rings. The summed E-state index contributed by atoms with van der Waals surface area (Å²) in [6.45, 7) is 5.28. The van der Waals surface area contributed by atoms with Gasteiger partial charge in [0.25, 0.3) is 0 Å². The number of rotatable bonds is 2. The maximum Gasteiger partial charge on any atom is 0.150 e. The van der Waals surface area contributed by atoms with Gasteiger partial charge in [0.1, 0.15) is 12.1 Å². The molecule has 3 nitrogen and oxygen atoms in total. The third kappa shape index (κ3) is 2.64. The predicted molar refractivity (Wildman–Crippen MR) is 64.0 cm³/mol. The van der Waals surface area contributed by atoms with Crippen molar-refractivity contribution in [3.05, 3.63) is 29.6 Å². The van der Waals surface area contributed by atoms with E-state index in [9.17, 15) is 9.18 Å². The van der Waals surface area contributed by atoms with Gasteiger partial charge in [0.15, 0.2) is 0 Å². The topological polar surface area (TPSA) is 29.5 Å². The van der Waals surface area contributed by atoms with Gasteiger partial charge in [-0.05, 0) is 32.0 Å². The number of aldehydes is 1. The molecule has 0 amide bonds. The number of nitrogens with zero attached hydrogens (tertiary/aromatic N) is 1. The summed E-state index contributed by atoms with van der Waals surface area (Å²) in [5, 5.41) is 0. The molecule has 0 aromatic heterocycles. The predicted octanol–water partition coefficient (Wildman–Crippen LogP) is 2.25. The first kappa shape index (κ1) is 12.0. The van der Waals surface area contributed by atoms with E-state index in [0.717, 1.165) is 0 Å². The molecule has 92 valence electrons. The molecule has 0 aliphatic carbocycles. The summed E-state index contributed by atoms with van der Waals surface area (Å²) in [5.74, 6) is -0.351. The molecule has 1 saturated heterocycles. The fourth-order valence-corrected chi connectivity index (χ4v) is 2.23. The minimum absolute atomic E-state index is 0.0869. The first-order valence-corrected chi connectivity index (χ1v) is 5.75. The van der Waals surface area contributed by atoms with E-state index in [0.29, 0.717) is 30.6 Å². The number of hydrogen-bond donors (Lipinski definition) is 0. The third-order valence-corrected chi connectivity index (χ3v) is 2.87. The SMILES string of the molecule is CC1CN(c2ccc(C=O)cc2F)CC(C)O1. The van der Waals surface area contributed by atoms with Gasteiger partial charge in [-0.2, -0.15) is 0 Å². The maximum atomic E-state index is 13.8. The Balaban J connectivity index is 2.24. The fraction of sp³-hybridized carbons (Fsp3) is 0.462. The second kappa shape index (κ2) is 4.84. The second-order valence-electron chi connectivity index (χ2n) is 4.49. The molecule has 4 heteroatoms.